The Balaban J connectivity index is 1.72. The van der Waals surface area contributed by atoms with Crippen molar-refractivity contribution in [2.75, 3.05) is 6.54 Å². The molecule has 0 radical (unpaired) electrons. The molecule has 2 rings (SSSR count). The third-order valence-electron chi connectivity index (χ3n) is 3.64. The minimum Gasteiger partial charge on any atom is -0.387 e. The molecule has 0 amide bonds. The molecule has 2 aromatic carbocycles. The molecule has 2 nitrogen and oxygen atoms in total. The van der Waals surface area contributed by atoms with Crippen LogP contribution in [0.25, 0.3) is 0 Å². The van der Waals surface area contributed by atoms with Crippen molar-refractivity contribution < 1.29 is 9.50 Å². The molecule has 0 aliphatic carbocycles. The summed E-state index contributed by atoms with van der Waals surface area (Å²) < 4.78 is 12.8. The van der Waals surface area contributed by atoms with Gasteiger partial charge in [0.25, 0.3) is 0 Å². The van der Waals surface area contributed by atoms with E-state index in [1.54, 1.807) is 0 Å². The van der Waals surface area contributed by atoms with Crippen LogP contribution in [0.4, 0.5) is 4.39 Å². The molecular weight excluding hydrogens is 265 g/mol. The van der Waals surface area contributed by atoms with Crippen LogP contribution in [0.1, 0.15) is 30.6 Å². The zero-order chi connectivity index (χ0) is 15.1. The van der Waals surface area contributed by atoms with E-state index in [1.165, 1.54) is 12.1 Å². The number of halogens is 1. The van der Waals surface area contributed by atoms with E-state index >= 15 is 0 Å². The minimum atomic E-state index is -0.503. The largest absolute Gasteiger partial charge is 0.387 e. The third-order valence-corrected chi connectivity index (χ3v) is 3.64. The van der Waals surface area contributed by atoms with Crippen LogP contribution in [0.3, 0.4) is 0 Å². The van der Waals surface area contributed by atoms with Crippen molar-refractivity contribution in [3.05, 3.63) is 71.5 Å². The van der Waals surface area contributed by atoms with Crippen molar-refractivity contribution in [2.24, 2.45) is 0 Å². The zero-order valence-electron chi connectivity index (χ0n) is 12.3. The minimum absolute atomic E-state index is 0.000572. The molecule has 2 aromatic rings. The maximum absolute atomic E-state index is 12.8. The summed E-state index contributed by atoms with van der Waals surface area (Å²) in [4.78, 5) is 0. The third kappa shape index (κ3) is 4.96. The topological polar surface area (TPSA) is 32.3 Å². The first kappa shape index (κ1) is 15.7. The predicted molar refractivity (Wildman–Crippen MR) is 83.6 cm³/mol. The highest BCUT2D eigenvalue weighted by Crippen LogP contribution is 2.16. The van der Waals surface area contributed by atoms with Gasteiger partial charge in [0, 0.05) is 6.04 Å². The van der Waals surface area contributed by atoms with Gasteiger partial charge in [0.2, 0.25) is 0 Å². The summed E-state index contributed by atoms with van der Waals surface area (Å²) in [6.45, 7) is 2.80. The van der Waals surface area contributed by atoms with Crippen molar-refractivity contribution in [3.63, 3.8) is 0 Å². The lowest BCUT2D eigenvalue weighted by molar-refractivity contribution is 0.136. The zero-order valence-corrected chi connectivity index (χ0v) is 12.3. The van der Waals surface area contributed by atoms with Gasteiger partial charge in [-0.2, -0.15) is 0 Å². The molecule has 0 fully saturated rings. The first-order valence-electron chi connectivity index (χ1n) is 7.37. The van der Waals surface area contributed by atoms with Crippen LogP contribution < -0.4 is 5.32 Å². The monoisotopic (exact) mass is 287 g/mol. The van der Waals surface area contributed by atoms with Gasteiger partial charge < -0.3 is 10.4 Å². The summed E-state index contributed by atoms with van der Waals surface area (Å²) in [6, 6.07) is 16.3. The Hall–Kier alpha value is -1.71. The van der Waals surface area contributed by atoms with E-state index in [4.69, 9.17) is 0 Å². The Bertz CT molecular complexity index is 527. The molecule has 0 saturated heterocycles. The van der Waals surface area contributed by atoms with Gasteiger partial charge in [-0.3, -0.25) is 0 Å². The molecule has 0 bridgehead atoms. The predicted octanol–water partition coefficient (Wildman–Crippen LogP) is 3.47. The molecule has 112 valence electrons. The highest BCUT2D eigenvalue weighted by molar-refractivity contribution is 5.18. The maximum Gasteiger partial charge on any atom is 0.123 e. The SMILES string of the molecule is CC(NCCCc1ccc(F)cc1)C(O)c1ccccc1. The van der Waals surface area contributed by atoms with Gasteiger partial charge in [-0.05, 0) is 49.6 Å². The number of aryl methyl sites for hydroxylation is 1. The standard InChI is InChI=1S/C18H22FNO/c1-14(18(21)16-7-3-2-4-8-16)20-13-5-6-15-9-11-17(19)12-10-15/h2-4,7-12,14,18,20-21H,5-6,13H2,1H3. The fraction of sp³-hybridized carbons (Fsp3) is 0.333. The van der Waals surface area contributed by atoms with Crippen LogP contribution in [0, 0.1) is 5.82 Å². The summed E-state index contributed by atoms with van der Waals surface area (Å²) in [5, 5.41) is 13.6. The van der Waals surface area contributed by atoms with E-state index in [-0.39, 0.29) is 11.9 Å². The summed E-state index contributed by atoms with van der Waals surface area (Å²) in [5.74, 6) is -0.198. The number of rotatable bonds is 7. The van der Waals surface area contributed by atoms with E-state index in [1.807, 2.05) is 49.4 Å². The molecule has 21 heavy (non-hydrogen) atoms. The second-order valence-corrected chi connectivity index (χ2v) is 5.33. The molecule has 0 heterocycles. The molecular formula is C18H22FNO. The van der Waals surface area contributed by atoms with Gasteiger partial charge >= 0.3 is 0 Å². The van der Waals surface area contributed by atoms with Crippen LogP contribution in [-0.2, 0) is 6.42 Å². The Morgan fingerprint density at radius 1 is 1.05 bits per heavy atom. The Morgan fingerprint density at radius 2 is 1.71 bits per heavy atom. The fourth-order valence-corrected chi connectivity index (χ4v) is 2.32. The molecule has 0 aliphatic heterocycles. The molecule has 0 aliphatic rings. The number of hydrogen-bond donors (Lipinski definition) is 2. The molecule has 2 N–H and O–H groups in total. The molecule has 3 heteroatoms. The average Bonchev–Trinajstić information content (AvgIpc) is 2.53. The maximum atomic E-state index is 12.8. The van der Waals surface area contributed by atoms with E-state index in [2.05, 4.69) is 5.32 Å². The summed E-state index contributed by atoms with van der Waals surface area (Å²) in [7, 11) is 0. The van der Waals surface area contributed by atoms with Gasteiger partial charge in [-0.15, -0.1) is 0 Å². The lowest BCUT2D eigenvalue weighted by atomic mass is 10.0. The number of benzene rings is 2. The van der Waals surface area contributed by atoms with Gasteiger partial charge in [0.1, 0.15) is 5.82 Å². The summed E-state index contributed by atoms with van der Waals surface area (Å²) >= 11 is 0. The Labute approximate surface area is 125 Å². The smallest absolute Gasteiger partial charge is 0.123 e. The van der Waals surface area contributed by atoms with Crippen LogP contribution in [0.5, 0.6) is 0 Å². The number of hydrogen-bond acceptors (Lipinski definition) is 2. The van der Waals surface area contributed by atoms with Crippen molar-refractivity contribution in [2.45, 2.75) is 31.9 Å². The number of aliphatic hydroxyl groups is 1. The van der Waals surface area contributed by atoms with Crippen molar-refractivity contribution >= 4 is 0 Å². The van der Waals surface area contributed by atoms with Crippen molar-refractivity contribution in [1.82, 2.24) is 5.32 Å². The second-order valence-electron chi connectivity index (χ2n) is 5.33. The van der Waals surface area contributed by atoms with Crippen LogP contribution in [-0.4, -0.2) is 17.7 Å². The van der Waals surface area contributed by atoms with Crippen LogP contribution in [0.15, 0.2) is 54.6 Å². The lowest BCUT2D eigenvalue weighted by Crippen LogP contribution is -2.33. The summed E-state index contributed by atoms with van der Waals surface area (Å²) in [6.07, 6.45) is 1.36. The van der Waals surface area contributed by atoms with E-state index in [9.17, 15) is 9.50 Å². The highest BCUT2D eigenvalue weighted by Gasteiger charge is 2.14. The molecule has 2 unspecified atom stereocenters. The second kappa shape index (κ2) is 7.91. The van der Waals surface area contributed by atoms with E-state index in [0.29, 0.717) is 0 Å². The molecule has 2 atom stereocenters. The van der Waals surface area contributed by atoms with Gasteiger partial charge in [-0.1, -0.05) is 42.5 Å². The van der Waals surface area contributed by atoms with Crippen LogP contribution >= 0.6 is 0 Å². The van der Waals surface area contributed by atoms with E-state index < -0.39 is 6.10 Å². The van der Waals surface area contributed by atoms with Crippen molar-refractivity contribution in [3.8, 4) is 0 Å². The van der Waals surface area contributed by atoms with E-state index in [0.717, 1.165) is 30.5 Å². The van der Waals surface area contributed by atoms with Gasteiger partial charge in [-0.25, -0.2) is 4.39 Å². The number of nitrogens with one attached hydrogen (secondary N) is 1. The fourth-order valence-electron chi connectivity index (χ4n) is 2.32. The first-order valence-corrected chi connectivity index (χ1v) is 7.37. The Kier molecular flexibility index (Phi) is 5.90. The van der Waals surface area contributed by atoms with Gasteiger partial charge in [0.05, 0.1) is 6.10 Å². The van der Waals surface area contributed by atoms with Crippen LogP contribution in [0.2, 0.25) is 0 Å². The molecule has 0 saturated carbocycles. The lowest BCUT2D eigenvalue weighted by Gasteiger charge is -2.20. The Morgan fingerprint density at radius 3 is 2.38 bits per heavy atom. The normalized spacial score (nSPS) is 13.9. The molecule has 0 aromatic heterocycles. The molecule has 0 spiro atoms. The number of aliphatic hydroxyl groups excluding tert-OH is 1. The highest BCUT2D eigenvalue weighted by atomic mass is 19.1. The van der Waals surface area contributed by atoms with Crippen molar-refractivity contribution in [1.29, 1.82) is 0 Å². The summed E-state index contributed by atoms with van der Waals surface area (Å²) in [5.41, 5.74) is 2.06. The quantitative estimate of drug-likeness (QED) is 0.764. The van der Waals surface area contributed by atoms with Gasteiger partial charge in [0.15, 0.2) is 0 Å². The average molecular weight is 287 g/mol. The first-order chi connectivity index (χ1) is 10.2.